The van der Waals surface area contributed by atoms with E-state index in [1.54, 1.807) is 14.2 Å². The van der Waals surface area contributed by atoms with Crippen molar-refractivity contribution in [1.82, 2.24) is 0 Å². The monoisotopic (exact) mass is 518 g/mol. The first-order valence-electron chi connectivity index (χ1n) is 12.2. The largest absolute Gasteiger partial charge is 0.350 e. The number of anilines is 2. The molecule has 0 N–H and O–H groups in total. The molecule has 0 unspecified atom stereocenters. The van der Waals surface area contributed by atoms with Crippen molar-refractivity contribution in [2.24, 2.45) is 0 Å². The maximum Gasteiger partial charge on any atom is 0.350 e. The summed E-state index contributed by atoms with van der Waals surface area (Å²) in [7, 11) is 3.47. The van der Waals surface area contributed by atoms with Gasteiger partial charge in [-0.05, 0) is 45.9 Å². The molecule has 0 bridgehead atoms. The van der Waals surface area contributed by atoms with E-state index in [-0.39, 0.29) is 27.0 Å². The molecule has 0 fully saturated rings. The van der Waals surface area contributed by atoms with Gasteiger partial charge in [-0.1, -0.05) is 91.8 Å². The fourth-order valence-corrected chi connectivity index (χ4v) is 4.93. The second-order valence-electron chi connectivity index (χ2n) is 10.2. The average Bonchev–Trinajstić information content (AvgIpc) is 3.16. The number of hydrogen-bond acceptors (Lipinski definition) is 4. The van der Waals surface area contributed by atoms with Crippen LogP contribution in [0.15, 0.2) is 48.8 Å². The summed E-state index contributed by atoms with van der Waals surface area (Å²) in [6.07, 6.45) is 4.22. The van der Waals surface area contributed by atoms with Crippen molar-refractivity contribution < 1.29 is 9.47 Å². The molecule has 0 radical (unpaired) electrons. The summed E-state index contributed by atoms with van der Waals surface area (Å²) in [5.41, 5.74) is 7.47. The summed E-state index contributed by atoms with van der Waals surface area (Å²) in [5.74, 6) is 1.45. The van der Waals surface area contributed by atoms with E-state index in [1.165, 1.54) is 22.3 Å². The summed E-state index contributed by atoms with van der Waals surface area (Å²) in [5, 5.41) is 0. The van der Waals surface area contributed by atoms with Crippen LogP contribution >= 0.6 is 27.0 Å². The Bertz CT molecular complexity index is 870. The van der Waals surface area contributed by atoms with Gasteiger partial charge in [-0.2, -0.15) is 27.0 Å². The summed E-state index contributed by atoms with van der Waals surface area (Å²) in [6, 6.07) is 12.1. The van der Waals surface area contributed by atoms with Crippen LogP contribution < -0.4 is 9.80 Å². The molecule has 2 aromatic rings. The van der Waals surface area contributed by atoms with Crippen LogP contribution in [0.5, 0.6) is 0 Å². The second kappa shape index (κ2) is 12.6. The number of para-hydroxylation sites is 2. The highest BCUT2D eigenvalue weighted by atomic mass is 32.1. The van der Waals surface area contributed by atoms with Crippen molar-refractivity contribution in [2.75, 3.05) is 24.0 Å². The molecule has 2 aromatic carbocycles. The van der Waals surface area contributed by atoms with Gasteiger partial charge in [-0.25, -0.2) is 0 Å². The molecule has 1 heterocycles. The van der Waals surface area contributed by atoms with Gasteiger partial charge in [0.05, 0.1) is 11.4 Å². The Kier molecular flexibility index (Phi) is 11.3. The van der Waals surface area contributed by atoms with E-state index in [4.69, 9.17) is 9.47 Å². The molecular weight excluding hydrogens is 472 g/mol. The van der Waals surface area contributed by atoms with Crippen molar-refractivity contribution in [3.8, 4) is 0 Å². The number of hydrogen-bond donors (Lipinski definition) is 0. The van der Waals surface area contributed by atoms with E-state index in [2.05, 4.69) is 114 Å². The lowest BCUT2D eigenvalue weighted by molar-refractivity contribution is -0.192. The zero-order chi connectivity index (χ0) is 24.5. The van der Waals surface area contributed by atoms with Gasteiger partial charge >= 0.3 is 6.03 Å². The second-order valence-corrected chi connectivity index (χ2v) is 10.2. The third-order valence-electron chi connectivity index (χ3n) is 6.67. The van der Waals surface area contributed by atoms with Crippen molar-refractivity contribution in [2.45, 2.75) is 85.1 Å². The molecule has 0 amide bonds. The van der Waals surface area contributed by atoms with E-state index in [1.807, 2.05) is 0 Å². The lowest BCUT2D eigenvalue weighted by Gasteiger charge is -2.45. The standard InChI is InChI=1S/C29H42N2O2.2H2S/c1-19(2)23-13-11-14-24(20(3)4)27(23)30-17-18-31(29(30,32-9)33-10)28-25(21(5)6)15-12-16-26(28)22(7)8;;/h11-22H,1-10H3;2*1H2. The Morgan fingerprint density at radius 2 is 0.800 bits per heavy atom. The Balaban J connectivity index is 0.00000306. The molecule has 0 saturated carbocycles. The first-order valence-corrected chi connectivity index (χ1v) is 12.2. The van der Waals surface area contributed by atoms with Crippen molar-refractivity contribution in [1.29, 1.82) is 0 Å². The maximum absolute atomic E-state index is 6.29. The number of benzene rings is 2. The summed E-state index contributed by atoms with van der Waals surface area (Å²) < 4.78 is 12.6. The predicted molar refractivity (Wildman–Crippen MR) is 161 cm³/mol. The fraction of sp³-hybridized carbons (Fsp3) is 0.517. The van der Waals surface area contributed by atoms with Crippen LogP contribution in [0.1, 0.15) is 101 Å². The average molecular weight is 519 g/mol. The van der Waals surface area contributed by atoms with Gasteiger partial charge in [0, 0.05) is 26.6 Å². The predicted octanol–water partition coefficient (Wildman–Crippen LogP) is 8.11. The van der Waals surface area contributed by atoms with Crippen LogP contribution in [0.2, 0.25) is 0 Å². The van der Waals surface area contributed by atoms with Crippen LogP contribution in [-0.4, -0.2) is 20.3 Å². The van der Waals surface area contributed by atoms with E-state index in [9.17, 15) is 0 Å². The van der Waals surface area contributed by atoms with Crippen molar-refractivity contribution in [3.63, 3.8) is 0 Å². The Hall–Kier alpha value is -1.60. The zero-order valence-electron chi connectivity index (χ0n) is 23.1. The molecule has 4 nitrogen and oxygen atoms in total. The van der Waals surface area contributed by atoms with Gasteiger partial charge in [-0.3, -0.25) is 9.80 Å². The van der Waals surface area contributed by atoms with Gasteiger partial charge in [-0.15, -0.1) is 0 Å². The first-order chi connectivity index (χ1) is 15.6. The minimum absolute atomic E-state index is 0. The lowest BCUT2D eigenvalue weighted by atomic mass is 9.91. The van der Waals surface area contributed by atoms with E-state index < -0.39 is 6.03 Å². The highest BCUT2D eigenvalue weighted by Gasteiger charge is 2.49. The van der Waals surface area contributed by atoms with E-state index in [0.717, 1.165) is 11.4 Å². The van der Waals surface area contributed by atoms with Crippen LogP contribution in [0.3, 0.4) is 0 Å². The molecule has 0 aromatic heterocycles. The molecule has 196 valence electrons. The molecule has 1 aliphatic heterocycles. The van der Waals surface area contributed by atoms with Crippen molar-refractivity contribution in [3.05, 3.63) is 71.1 Å². The van der Waals surface area contributed by atoms with E-state index in [0.29, 0.717) is 23.7 Å². The molecule has 0 aliphatic carbocycles. The molecule has 0 saturated heterocycles. The number of rotatable bonds is 8. The minimum atomic E-state index is -1.12. The number of methoxy groups -OCH3 is 2. The minimum Gasteiger partial charge on any atom is -0.318 e. The molecule has 0 spiro atoms. The summed E-state index contributed by atoms with van der Waals surface area (Å²) in [6.45, 7) is 17.9. The summed E-state index contributed by atoms with van der Waals surface area (Å²) in [4.78, 5) is 4.36. The lowest BCUT2D eigenvalue weighted by Crippen LogP contribution is -2.58. The Morgan fingerprint density at radius 1 is 0.543 bits per heavy atom. The molecule has 3 rings (SSSR count). The highest BCUT2D eigenvalue weighted by Crippen LogP contribution is 2.47. The summed E-state index contributed by atoms with van der Waals surface area (Å²) >= 11 is 0. The van der Waals surface area contributed by atoms with Crippen LogP contribution in [0.25, 0.3) is 0 Å². The van der Waals surface area contributed by atoms with Crippen LogP contribution in [0.4, 0.5) is 11.4 Å². The third kappa shape index (κ3) is 5.56. The fourth-order valence-electron chi connectivity index (χ4n) is 4.93. The normalized spacial score (nSPS) is 14.8. The SMILES string of the molecule is COC1(OC)N(c2c(C(C)C)cccc2C(C)C)C=CN1c1c(C(C)C)cccc1C(C)C.S.S. The molecule has 35 heavy (non-hydrogen) atoms. The van der Waals surface area contributed by atoms with E-state index >= 15 is 0 Å². The smallest absolute Gasteiger partial charge is 0.318 e. The molecule has 1 aliphatic rings. The molecule has 0 atom stereocenters. The highest BCUT2D eigenvalue weighted by molar-refractivity contribution is 7.59. The van der Waals surface area contributed by atoms with Gasteiger partial charge in [0.1, 0.15) is 0 Å². The third-order valence-corrected chi connectivity index (χ3v) is 6.67. The maximum atomic E-state index is 6.29. The molecular formula is C29H46N2O2S2. The van der Waals surface area contributed by atoms with Crippen LogP contribution in [0, 0.1) is 0 Å². The zero-order valence-corrected chi connectivity index (χ0v) is 25.1. The van der Waals surface area contributed by atoms with Gasteiger partial charge in [0.15, 0.2) is 0 Å². The molecule has 6 heteroatoms. The quantitative estimate of drug-likeness (QED) is 0.330. The Labute approximate surface area is 227 Å². The first kappa shape index (κ1) is 31.4. The van der Waals surface area contributed by atoms with Gasteiger partial charge in [0.25, 0.3) is 0 Å². The van der Waals surface area contributed by atoms with Crippen molar-refractivity contribution >= 4 is 38.4 Å². The van der Waals surface area contributed by atoms with Gasteiger partial charge < -0.3 is 9.47 Å². The van der Waals surface area contributed by atoms with Crippen LogP contribution in [-0.2, 0) is 9.47 Å². The number of nitrogens with zero attached hydrogens (tertiary/aromatic N) is 2. The van der Waals surface area contributed by atoms with Gasteiger partial charge in [0.2, 0.25) is 0 Å². The topological polar surface area (TPSA) is 24.9 Å². The number of ether oxygens (including phenoxy) is 2. The Morgan fingerprint density at radius 3 is 1.00 bits per heavy atom.